The quantitative estimate of drug-likeness (QED) is 0.829. The number of aromatic nitrogens is 1. The lowest BCUT2D eigenvalue weighted by Crippen LogP contribution is -2.50. The Bertz CT molecular complexity index is 391. The van der Waals surface area contributed by atoms with Gasteiger partial charge < -0.3 is 15.5 Å². The van der Waals surface area contributed by atoms with Crippen molar-refractivity contribution >= 4 is 5.82 Å². The van der Waals surface area contributed by atoms with Gasteiger partial charge in [-0.3, -0.25) is 0 Å². The van der Waals surface area contributed by atoms with Crippen LogP contribution in [0.5, 0.6) is 0 Å². The molecule has 17 heavy (non-hydrogen) atoms. The van der Waals surface area contributed by atoms with Crippen LogP contribution >= 0.6 is 0 Å². The Kier molecular flexibility index (Phi) is 3.64. The largest absolute Gasteiger partial charge is 0.354 e. The molecule has 0 bridgehead atoms. The minimum Gasteiger partial charge on any atom is -0.354 e. The number of hydrogen-bond donors (Lipinski definition) is 1. The van der Waals surface area contributed by atoms with Gasteiger partial charge in [-0.1, -0.05) is 0 Å². The predicted molar refractivity (Wildman–Crippen MR) is 71.2 cm³/mol. The molecular weight excluding hydrogens is 212 g/mol. The molecule has 1 aromatic rings. The number of rotatable bonds is 2. The topological polar surface area (TPSA) is 45.4 Å². The number of nitrogens with two attached hydrogens (primary N) is 1. The number of likely N-dealkylation sites (N-methyl/N-ethyl adjacent to an activating group) is 1. The average molecular weight is 234 g/mol. The van der Waals surface area contributed by atoms with Gasteiger partial charge in [0.2, 0.25) is 0 Å². The van der Waals surface area contributed by atoms with E-state index in [2.05, 4.69) is 35.7 Å². The third-order valence-corrected chi connectivity index (χ3v) is 3.73. The Hall–Kier alpha value is -1.13. The van der Waals surface area contributed by atoms with Crippen LogP contribution in [0.3, 0.4) is 0 Å². The van der Waals surface area contributed by atoms with Crippen LogP contribution < -0.4 is 10.6 Å². The molecule has 1 aliphatic rings. The maximum Gasteiger partial charge on any atom is 0.133 e. The summed E-state index contributed by atoms with van der Waals surface area (Å²) in [4.78, 5) is 9.27. The van der Waals surface area contributed by atoms with Gasteiger partial charge in [-0.15, -0.1) is 0 Å². The summed E-state index contributed by atoms with van der Waals surface area (Å²) >= 11 is 0. The number of aryl methyl sites for hydroxylation is 1. The fourth-order valence-corrected chi connectivity index (χ4v) is 2.34. The molecule has 1 aliphatic heterocycles. The van der Waals surface area contributed by atoms with Crippen molar-refractivity contribution in [2.45, 2.75) is 26.4 Å². The van der Waals surface area contributed by atoms with Crippen LogP contribution in [0.4, 0.5) is 5.82 Å². The molecule has 4 nitrogen and oxygen atoms in total. The van der Waals surface area contributed by atoms with Gasteiger partial charge in [0, 0.05) is 44.0 Å². The van der Waals surface area contributed by atoms with Gasteiger partial charge in [-0.25, -0.2) is 4.98 Å². The lowest BCUT2D eigenvalue weighted by atomic mass is 10.1. The fraction of sp³-hybridized carbons (Fsp3) is 0.615. The molecule has 1 fully saturated rings. The molecule has 1 aromatic heterocycles. The summed E-state index contributed by atoms with van der Waals surface area (Å²) in [5, 5.41) is 0. The van der Waals surface area contributed by atoms with Crippen LogP contribution in [-0.4, -0.2) is 42.6 Å². The minimum atomic E-state index is 0.565. The first kappa shape index (κ1) is 12.3. The van der Waals surface area contributed by atoms with E-state index in [4.69, 9.17) is 5.73 Å². The van der Waals surface area contributed by atoms with E-state index in [0.717, 1.165) is 25.5 Å². The van der Waals surface area contributed by atoms with Crippen molar-refractivity contribution in [3.63, 3.8) is 0 Å². The van der Waals surface area contributed by atoms with Crippen molar-refractivity contribution < 1.29 is 0 Å². The molecule has 0 amide bonds. The third-order valence-electron chi connectivity index (χ3n) is 3.73. The Balaban J connectivity index is 2.25. The summed E-state index contributed by atoms with van der Waals surface area (Å²) in [5.74, 6) is 1.08. The summed E-state index contributed by atoms with van der Waals surface area (Å²) in [6.07, 6.45) is 1.88. The molecular formula is C13H22N4. The van der Waals surface area contributed by atoms with Gasteiger partial charge in [0.25, 0.3) is 0 Å². The summed E-state index contributed by atoms with van der Waals surface area (Å²) < 4.78 is 0. The Morgan fingerprint density at radius 1 is 1.47 bits per heavy atom. The second kappa shape index (κ2) is 5.02. The molecule has 1 saturated heterocycles. The summed E-state index contributed by atoms with van der Waals surface area (Å²) in [5.41, 5.74) is 8.27. The summed E-state index contributed by atoms with van der Waals surface area (Å²) in [6.45, 7) is 8.07. The first-order chi connectivity index (χ1) is 8.13. The van der Waals surface area contributed by atoms with Gasteiger partial charge in [-0.2, -0.15) is 0 Å². The summed E-state index contributed by atoms with van der Waals surface area (Å²) in [6, 6.07) is 2.60. The van der Waals surface area contributed by atoms with Gasteiger partial charge >= 0.3 is 0 Å². The number of nitrogens with zero attached hydrogens (tertiary/aromatic N) is 3. The maximum atomic E-state index is 5.84. The molecule has 0 aromatic carbocycles. The van der Waals surface area contributed by atoms with Crippen molar-refractivity contribution in [2.75, 3.05) is 31.6 Å². The first-order valence-electron chi connectivity index (χ1n) is 6.23. The van der Waals surface area contributed by atoms with E-state index in [1.165, 1.54) is 11.1 Å². The minimum absolute atomic E-state index is 0.565. The number of hydrogen-bond acceptors (Lipinski definition) is 4. The van der Waals surface area contributed by atoms with E-state index in [-0.39, 0.29) is 0 Å². The Morgan fingerprint density at radius 3 is 2.88 bits per heavy atom. The zero-order valence-electron chi connectivity index (χ0n) is 11.0. The SMILES string of the molecule is Cc1ccnc(N2CCN(C)C(C)C2)c1CN. The first-order valence-corrected chi connectivity index (χ1v) is 6.23. The molecule has 0 spiro atoms. The normalized spacial score (nSPS) is 21.9. The number of pyridine rings is 1. The average Bonchev–Trinajstić information content (AvgIpc) is 2.32. The molecule has 1 unspecified atom stereocenters. The second-order valence-electron chi connectivity index (χ2n) is 4.91. The molecule has 1 atom stereocenters. The maximum absolute atomic E-state index is 5.84. The molecule has 2 heterocycles. The molecule has 4 heteroatoms. The number of piperazine rings is 1. The van der Waals surface area contributed by atoms with E-state index in [0.29, 0.717) is 12.6 Å². The second-order valence-corrected chi connectivity index (χ2v) is 4.91. The molecule has 94 valence electrons. The monoisotopic (exact) mass is 234 g/mol. The van der Waals surface area contributed by atoms with E-state index in [1.54, 1.807) is 0 Å². The highest BCUT2D eigenvalue weighted by Gasteiger charge is 2.23. The Morgan fingerprint density at radius 2 is 2.24 bits per heavy atom. The van der Waals surface area contributed by atoms with Gasteiger partial charge in [-0.05, 0) is 32.5 Å². The molecule has 0 saturated carbocycles. The molecule has 0 aliphatic carbocycles. The lowest BCUT2D eigenvalue weighted by molar-refractivity contribution is 0.233. The Labute approximate surface area is 103 Å². The van der Waals surface area contributed by atoms with E-state index >= 15 is 0 Å². The van der Waals surface area contributed by atoms with Gasteiger partial charge in [0.05, 0.1) is 0 Å². The smallest absolute Gasteiger partial charge is 0.133 e. The van der Waals surface area contributed by atoms with E-state index in [1.807, 2.05) is 12.3 Å². The van der Waals surface area contributed by atoms with Crippen molar-refractivity contribution in [1.82, 2.24) is 9.88 Å². The van der Waals surface area contributed by atoms with Crippen molar-refractivity contribution in [1.29, 1.82) is 0 Å². The standard InChI is InChI=1S/C13H22N4/c1-10-4-5-15-13(12(10)8-14)17-7-6-16(3)11(2)9-17/h4-5,11H,6-9,14H2,1-3H3. The van der Waals surface area contributed by atoms with Crippen LogP contribution in [0.25, 0.3) is 0 Å². The van der Waals surface area contributed by atoms with Crippen LogP contribution in [0.1, 0.15) is 18.1 Å². The third kappa shape index (κ3) is 2.42. The van der Waals surface area contributed by atoms with Gasteiger partial charge in [0.15, 0.2) is 0 Å². The van der Waals surface area contributed by atoms with Crippen molar-refractivity contribution in [3.05, 3.63) is 23.4 Å². The van der Waals surface area contributed by atoms with Gasteiger partial charge in [0.1, 0.15) is 5.82 Å². The highest BCUT2D eigenvalue weighted by Crippen LogP contribution is 2.22. The molecule has 0 radical (unpaired) electrons. The van der Waals surface area contributed by atoms with Crippen molar-refractivity contribution in [3.8, 4) is 0 Å². The van der Waals surface area contributed by atoms with E-state index < -0.39 is 0 Å². The number of anilines is 1. The fourth-order valence-electron chi connectivity index (χ4n) is 2.34. The molecule has 2 N–H and O–H groups in total. The van der Waals surface area contributed by atoms with Crippen LogP contribution in [0, 0.1) is 6.92 Å². The van der Waals surface area contributed by atoms with Crippen LogP contribution in [0.2, 0.25) is 0 Å². The van der Waals surface area contributed by atoms with Crippen molar-refractivity contribution in [2.24, 2.45) is 5.73 Å². The summed E-state index contributed by atoms with van der Waals surface area (Å²) in [7, 11) is 2.18. The zero-order chi connectivity index (χ0) is 12.4. The predicted octanol–water partition coefficient (Wildman–Crippen LogP) is 0.989. The molecule has 2 rings (SSSR count). The van der Waals surface area contributed by atoms with E-state index in [9.17, 15) is 0 Å². The highest BCUT2D eigenvalue weighted by molar-refractivity contribution is 5.50. The van der Waals surface area contributed by atoms with Crippen LogP contribution in [0.15, 0.2) is 12.3 Å². The lowest BCUT2D eigenvalue weighted by Gasteiger charge is -2.39. The highest BCUT2D eigenvalue weighted by atomic mass is 15.3. The zero-order valence-corrected chi connectivity index (χ0v) is 11.0. The van der Waals surface area contributed by atoms with Crippen LogP contribution in [-0.2, 0) is 6.54 Å².